The molecule has 0 aliphatic carbocycles. The number of likely N-dealkylation sites (N-methyl/N-ethyl adjacent to an activating group) is 1. The zero-order chi connectivity index (χ0) is 19.2. The number of amides is 1. The lowest BCUT2D eigenvalue weighted by Gasteiger charge is -2.05. The van der Waals surface area contributed by atoms with Crippen molar-refractivity contribution in [3.63, 3.8) is 0 Å². The number of nitrogens with one attached hydrogen (secondary N) is 1. The first-order valence-corrected chi connectivity index (χ1v) is 9.51. The number of hydrogen-bond donors (Lipinski definition) is 1. The van der Waals surface area contributed by atoms with Crippen LogP contribution in [-0.4, -0.2) is 31.7 Å². The summed E-state index contributed by atoms with van der Waals surface area (Å²) in [6.07, 6.45) is 0.276. The molecule has 140 valence electrons. The summed E-state index contributed by atoms with van der Waals surface area (Å²) in [6, 6.07) is 15.7. The maximum absolute atomic E-state index is 12.0. The van der Waals surface area contributed by atoms with Crippen molar-refractivity contribution in [2.24, 2.45) is 0 Å². The molecule has 1 N–H and O–H groups in total. The van der Waals surface area contributed by atoms with Gasteiger partial charge in [-0.3, -0.25) is 4.79 Å². The number of hydrogen-bond acceptors (Lipinski definition) is 5. The van der Waals surface area contributed by atoms with Gasteiger partial charge in [0.1, 0.15) is 16.5 Å². The highest BCUT2D eigenvalue weighted by Crippen LogP contribution is 2.38. The molecule has 6 heteroatoms. The summed E-state index contributed by atoms with van der Waals surface area (Å²) in [4.78, 5) is 17.8. The van der Waals surface area contributed by atoms with Crippen molar-refractivity contribution in [2.45, 2.75) is 13.3 Å². The van der Waals surface area contributed by atoms with E-state index in [1.54, 1.807) is 25.6 Å². The molecule has 3 aromatic rings. The number of nitrogens with zero attached hydrogens (tertiary/aromatic N) is 1. The van der Waals surface area contributed by atoms with Crippen LogP contribution < -0.4 is 14.8 Å². The molecular formula is C21H22N2O3S. The maximum atomic E-state index is 12.0. The average molecular weight is 382 g/mol. The molecule has 5 nitrogen and oxygen atoms in total. The number of aromatic nitrogens is 1. The Bertz CT molecular complexity index is 837. The number of benzene rings is 2. The molecular weight excluding hydrogens is 360 g/mol. The largest absolute Gasteiger partial charge is 0.497 e. The molecule has 0 unspecified atom stereocenters. The molecule has 0 aliphatic rings. The molecule has 0 radical (unpaired) electrons. The highest BCUT2D eigenvalue weighted by Gasteiger charge is 2.17. The van der Waals surface area contributed by atoms with Crippen molar-refractivity contribution in [2.75, 3.05) is 20.8 Å². The lowest BCUT2D eigenvalue weighted by atomic mass is 10.1. The molecule has 0 bridgehead atoms. The van der Waals surface area contributed by atoms with Gasteiger partial charge in [0.2, 0.25) is 5.91 Å². The number of ether oxygens (including phenoxy) is 2. The number of methoxy groups -OCH3 is 2. The summed E-state index contributed by atoms with van der Waals surface area (Å²) in [7, 11) is 3.29. The van der Waals surface area contributed by atoms with Crippen molar-refractivity contribution < 1.29 is 14.3 Å². The van der Waals surface area contributed by atoms with E-state index in [4.69, 9.17) is 14.5 Å². The van der Waals surface area contributed by atoms with E-state index in [2.05, 4.69) is 5.32 Å². The van der Waals surface area contributed by atoms with Crippen molar-refractivity contribution in [3.05, 3.63) is 53.5 Å². The number of rotatable bonds is 7. The zero-order valence-corrected chi connectivity index (χ0v) is 16.4. The summed E-state index contributed by atoms with van der Waals surface area (Å²) in [5.41, 5.74) is 2.90. The second-order valence-corrected chi connectivity index (χ2v) is 6.96. The van der Waals surface area contributed by atoms with Gasteiger partial charge in [-0.1, -0.05) is 0 Å². The molecule has 1 aromatic heterocycles. The Morgan fingerprint density at radius 2 is 1.52 bits per heavy atom. The Hall–Kier alpha value is -2.86. The molecule has 1 amide bonds. The quantitative estimate of drug-likeness (QED) is 0.666. The van der Waals surface area contributed by atoms with E-state index in [-0.39, 0.29) is 12.3 Å². The molecule has 27 heavy (non-hydrogen) atoms. The van der Waals surface area contributed by atoms with Gasteiger partial charge in [-0.25, -0.2) is 4.98 Å². The van der Waals surface area contributed by atoms with Crippen LogP contribution in [0, 0.1) is 0 Å². The molecule has 0 spiro atoms. The van der Waals surface area contributed by atoms with Crippen LogP contribution in [0.4, 0.5) is 0 Å². The predicted molar refractivity (Wildman–Crippen MR) is 108 cm³/mol. The van der Waals surface area contributed by atoms with Gasteiger partial charge in [0.25, 0.3) is 0 Å². The third kappa shape index (κ3) is 4.46. The minimum Gasteiger partial charge on any atom is -0.497 e. The van der Waals surface area contributed by atoms with E-state index in [1.165, 1.54) is 0 Å². The first kappa shape index (κ1) is 18.9. The van der Waals surface area contributed by atoms with Crippen LogP contribution in [0.2, 0.25) is 0 Å². The minimum absolute atomic E-state index is 0.0196. The lowest BCUT2D eigenvalue weighted by Crippen LogP contribution is -2.24. The summed E-state index contributed by atoms with van der Waals surface area (Å²) in [6.45, 7) is 2.52. The second kappa shape index (κ2) is 8.68. The molecule has 1 heterocycles. The van der Waals surface area contributed by atoms with E-state index in [0.29, 0.717) is 6.54 Å². The van der Waals surface area contributed by atoms with Crippen LogP contribution in [-0.2, 0) is 11.2 Å². The highest BCUT2D eigenvalue weighted by molar-refractivity contribution is 7.15. The van der Waals surface area contributed by atoms with Gasteiger partial charge < -0.3 is 14.8 Å². The van der Waals surface area contributed by atoms with Gasteiger partial charge in [-0.05, 0) is 61.0 Å². The van der Waals surface area contributed by atoms with Crippen LogP contribution in [0.5, 0.6) is 11.5 Å². The topological polar surface area (TPSA) is 60.5 Å². The van der Waals surface area contributed by atoms with E-state index in [0.717, 1.165) is 38.2 Å². The van der Waals surface area contributed by atoms with Gasteiger partial charge in [0, 0.05) is 12.1 Å². The summed E-state index contributed by atoms with van der Waals surface area (Å²) in [5.74, 6) is 1.58. The molecule has 0 atom stereocenters. The van der Waals surface area contributed by atoms with Crippen LogP contribution >= 0.6 is 11.3 Å². The van der Waals surface area contributed by atoms with Gasteiger partial charge >= 0.3 is 0 Å². The van der Waals surface area contributed by atoms with Crippen molar-refractivity contribution >= 4 is 17.2 Å². The predicted octanol–water partition coefficient (Wildman–Crippen LogP) is 4.17. The van der Waals surface area contributed by atoms with E-state index < -0.39 is 0 Å². The smallest absolute Gasteiger partial charge is 0.226 e. The molecule has 0 saturated heterocycles. The lowest BCUT2D eigenvalue weighted by molar-refractivity contribution is -0.120. The second-order valence-electron chi connectivity index (χ2n) is 5.87. The van der Waals surface area contributed by atoms with Gasteiger partial charge in [0.05, 0.1) is 31.2 Å². The molecule has 0 saturated carbocycles. The zero-order valence-electron chi connectivity index (χ0n) is 15.6. The van der Waals surface area contributed by atoms with Crippen LogP contribution in [0.1, 0.15) is 11.9 Å². The SMILES string of the molecule is CCNC(=O)Cc1nc(-c2ccc(OC)cc2)c(-c2ccc(OC)cc2)s1. The van der Waals surface area contributed by atoms with Crippen LogP contribution in [0.3, 0.4) is 0 Å². The standard InChI is InChI=1S/C21H22N2O3S/c1-4-22-18(24)13-19-23-20(14-5-9-16(25-2)10-6-14)21(27-19)15-7-11-17(26-3)12-8-15/h5-12H,4,13H2,1-3H3,(H,22,24). The normalized spacial score (nSPS) is 10.5. The fourth-order valence-electron chi connectivity index (χ4n) is 2.72. The van der Waals surface area contributed by atoms with Crippen molar-refractivity contribution in [1.29, 1.82) is 0 Å². The van der Waals surface area contributed by atoms with Crippen LogP contribution in [0.15, 0.2) is 48.5 Å². The van der Waals surface area contributed by atoms with Crippen molar-refractivity contribution in [1.82, 2.24) is 10.3 Å². The monoisotopic (exact) mass is 382 g/mol. The Balaban J connectivity index is 2.02. The summed E-state index contributed by atoms with van der Waals surface area (Å²) < 4.78 is 10.5. The third-order valence-electron chi connectivity index (χ3n) is 4.07. The molecule has 3 rings (SSSR count). The van der Waals surface area contributed by atoms with Gasteiger partial charge in [0.15, 0.2) is 0 Å². The summed E-state index contributed by atoms with van der Waals surface area (Å²) in [5, 5.41) is 3.62. The minimum atomic E-state index is -0.0196. The van der Waals surface area contributed by atoms with Crippen LogP contribution in [0.25, 0.3) is 21.7 Å². The summed E-state index contributed by atoms with van der Waals surface area (Å²) >= 11 is 1.54. The van der Waals surface area contributed by atoms with E-state index >= 15 is 0 Å². The highest BCUT2D eigenvalue weighted by atomic mass is 32.1. The van der Waals surface area contributed by atoms with Gasteiger partial charge in [-0.2, -0.15) is 0 Å². The van der Waals surface area contributed by atoms with E-state index in [1.807, 2.05) is 55.5 Å². The first-order valence-electron chi connectivity index (χ1n) is 8.69. The first-order chi connectivity index (χ1) is 13.1. The fourth-order valence-corrected chi connectivity index (χ4v) is 3.81. The number of carbonyl (C=O) groups excluding carboxylic acids is 1. The number of thiazole rings is 1. The maximum Gasteiger partial charge on any atom is 0.226 e. The Labute approximate surface area is 163 Å². The van der Waals surface area contributed by atoms with Gasteiger partial charge in [-0.15, -0.1) is 11.3 Å². The Kier molecular flexibility index (Phi) is 6.08. The van der Waals surface area contributed by atoms with E-state index in [9.17, 15) is 4.79 Å². The average Bonchev–Trinajstić information content (AvgIpc) is 3.12. The Morgan fingerprint density at radius 1 is 0.963 bits per heavy atom. The third-order valence-corrected chi connectivity index (χ3v) is 5.18. The molecule has 0 aliphatic heterocycles. The molecule has 2 aromatic carbocycles. The Morgan fingerprint density at radius 3 is 2.04 bits per heavy atom. The van der Waals surface area contributed by atoms with Crippen molar-refractivity contribution in [3.8, 4) is 33.2 Å². The molecule has 0 fully saturated rings. The fraction of sp³-hybridized carbons (Fsp3) is 0.238. The number of carbonyl (C=O) groups is 1.